The summed E-state index contributed by atoms with van der Waals surface area (Å²) in [7, 11) is 0. The van der Waals surface area contributed by atoms with Gasteiger partial charge < -0.3 is 5.11 Å². The highest BCUT2D eigenvalue weighted by atomic mass is 19.1. The number of allylic oxidation sites excluding steroid dienone is 4. The fraction of sp³-hybridized carbons (Fsp3) is 0.700. The van der Waals surface area contributed by atoms with E-state index in [2.05, 4.69) is 43.1 Å². The van der Waals surface area contributed by atoms with Crippen LogP contribution in [-0.4, -0.2) is 41.9 Å². The minimum atomic E-state index is -0.692. The predicted octanol–water partition coefficient (Wildman–Crippen LogP) is 4.42. The summed E-state index contributed by atoms with van der Waals surface area (Å²) in [5, 5.41) is 10.7. The molecule has 0 amide bonds. The molecule has 1 fully saturated rings. The molecule has 1 aliphatic carbocycles. The van der Waals surface area contributed by atoms with E-state index in [1.54, 1.807) is 0 Å². The number of halogens is 1. The van der Waals surface area contributed by atoms with Crippen LogP contribution in [0.3, 0.4) is 0 Å². The first-order valence-corrected chi connectivity index (χ1v) is 9.20. The smallest absolute Gasteiger partial charge is 0.114 e. The zero-order chi connectivity index (χ0) is 16.7. The number of hydrogen-bond donors (Lipinski definition) is 1. The maximum Gasteiger partial charge on any atom is 0.114 e. The van der Waals surface area contributed by atoms with Crippen LogP contribution in [0, 0.1) is 5.92 Å². The van der Waals surface area contributed by atoms with Gasteiger partial charge in [0.2, 0.25) is 0 Å². The Morgan fingerprint density at radius 2 is 2.17 bits per heavy atom. The Hall–Kier alpha value is -0.930. The van der Waals surface area contributed by atoms with Gasteiger partial charge >= 0.3 is 0 Å². The quantitative estimate of drug-likeness (QED) is 0.810. The maximum absolute atomic E-state index is 13.3. The van der Waals surface area contributed by atoms with Gasteiger partial charge in [-0.2, -0.15) is 0 Å². The van der Waals surface area contributed by atoms with Crippen LogP contribution in [0.2, 0.25) is 0 Å². The number of hydrogen-bond acceptors (Lipinski definition) is 2. The van der Waals surface area contributed by atoms with Crippen molar-refractivity contribution in [2.75, 3.05) is 19.6 Å². The third-order valence-electron chi connectivity index (χ3n) is 5.04. The lowest BCUT2D eigenvalue weighted by Gasteiger charge is -2.25. The normalized spacial score (nSPS) is 32.4. The minimum Gasteiger partial charge on any atom is -0.388 e. The van der Waals surface area contributed by atoms with E-state index in [0.717, 1.165) is 37.9 Å². The SMILES string of the molecule is CC\C1=C/C=C(C(O)C(C)CN2CCC(F)C2)\C=C\CCCC1. The zero-order valence-electron chi connectivity index (χ0n) is 14.7. The van der Waals surface area contributed by atoms with Gasteiger partial charge in [-0.15, -0.1) is 0 Å². The molecular formula is C20H32FNO. The van der Waals surface area contributed by atoms with Crippen molar-refractivity contribution in [2.24, 2.45) is 5.92 Å². The van der Waals surface area contributed by atoms with Gasteiger partial charge in [-0.3, -0.25) is 4.90 Å². The Labute approximate surface area is 140 Å². The molecule has 0 saturated carbocycles. The number of aliphatic hydroxyl groups excluding tert-OH is 1. The number of likely N-dealkylation sites (tertiary alicyclic amines) is 1. The van der Waals surface area contributed by atoms with E-state index in [1.807, 2.05) is 0 Å². The highest BCUT2D eigenvalue weighted by Crippen LogP contribution is 2.22. The third kappa shape index (κ3) is 5.89. The van der Waals surface area contributed by atoms with Crippen LogP contribution >= 0.6 is 0 Å². The lowest BCUT2D eigenvalue weighted by Crippen LogP contribution is -2.33. The largest absolute Gasteiger partial charge is 0.388 e. The predicted molar refractivity (Wildman–Crippen MR) is 95.2 cm³/mol. The van der Waals surface area contributed by atoms with Crippen LogP contribution in [0.5, 0.6) is 0 Å². The molecule has 3 atom stereocenters. The first-order valence-electron chi connectivity index (χ1n) is 9.20. The highest BCUT2D eigenvalue weighted by Gasteiger charge is 2.26. The molecule has 2 nitrogen and oxygen atoms in total. The molecule has 0 aromatic heterocycles. The molecule has 0 aromatic carbocycles. The van der Waals surface area contributed by atoms with Crippen LogP contribution in [0.15, 0.2) is 35.5 Å². The fourth-order valence-corrected chi connectivity index (χ4v) is 3.47. The van der Waals surface area contributed by atoms with Crippen molar-refractivity contribution in [1.82, 2.24) is 4.90 Å². The van der Waals surface area contributed by atoms with E-state index >= 15 is 0 Å². The van der Waals surface area contributed by atoms with E-state index in [-0.39, 0.29) is 5.92 Å². The van der Waals surface area contributed by atoms with Crippen molar-refractivity contribution >= 4 is 0 Å². The summed E-state index contributed by atoms with van der Waals surface area (Å²) < 4.78 is 13.3. The van der Waals surface area contributed by atoms with Crippen LogP contribution in [0.25, 0.3) is 0 Å². The Balaban J connectivity index is 2.03. The minimum absolute atomic E-state index is 0.109. The molecule has 0 radical (unpaired) electrons. The first-order chi connectivity index (χ1) is 11.1. The van der Waals surface area contributed by atoms with E-state index in [1.165, 1.54) is 18.4 Å². The number of nitrogens with zero attached hydrogens (tertiary/aromatic N) is 1. The van der Waals surface area contributed by atoms with Gasteiger partial charge in [0.15, 0.2) is 0 Å². The monoisotopic (exact) mass is 321 g/mol. The molecule has 3 heteroatoms. The Kier molecular flexibility index (Phi) is 7.51. The summed E-state index contributed by atoms with van der Waals surface area (Å²) in [6.07, 6.45) is 13.7. The van der Waals surface area contributed by atoms with E-state index in [0.29, 0.717) is 13.0 Å². The molecule has 1 heterocycles. The van der Waals surface area contributed by atoms with E-state index < -0.39 is 12.3 Å². The number of rotatable bonds is 5. The van der Waals surface area contributed by atoms with Gasteiger partial charge in [-0.1, -0.05) is 43.7 Å². The Bertz CT molecular complexity index is 455. The average Bonchev–Trinajstić information content (AvgIpc) is 2.96. The number of alkyl halides is 1. The molecule has 1 aliphatic heterocycles. The molecule has 1 N–H and O–H groups in total. The summed E-state index contributed by atoms with van der Waals surface area (Å²) in [5.41, 5.74) is 2.44. The second-order valence-electron chi connectivity index (χ2n) is 7.06. The standard InChI is InChI=1S/C20H32FNO/c1-3-17-8-6-4-5-7-9-18(11-10-17)20(23)16(2)14-22-13-12-19(21)15-22/h7,9-11,16,19-20,23H,3-6,8,12-15H2,1-2H3/b9-7+,17-10+,18-11+. The van der Waals surface area contributed by atoms with Crippen LogP contribution in [0.1, 0.15) is 52.4 Å². The van der Waals surface area contributed by atoms with Crippen molar-refractivity contribution in [3.63, 3.8) is 0 Å². The summed E-state index contributed by atoms with van der Waals surface area (Å²) in [6.45, 7) is 6.35. The van der Waals surface area contributed by atoms with Gasteiger partial charge in [0.05, 0.1) is 6.10 Å². The molecule has 0 spiro atoms. The summed E-state index contributed by atoms with van der Waals surface area (Å²) in [5.74, 6) is 0.109. The lowest BCUT2D eigenvalue weighted by molar-refractivity contribution is 0.123. The van der Waals surface area contributed by atoms with Crippen molar-refractivity contribution in [3.05, 3.63) is 35.5 Å². The summed E-state index contributed by atoms with van der Waals surface area (Å²) in [6, 6.07) is 0. The van der Waals surface area contributed by atoms with Gasteiger partial charge in [0, 0.05) is 19.6 Å². The summed E-state index contributed by atoms with van der Waals surface area (Å²) in [4.78, 5) is 2.14. The third-order valence-corrected chi connectivity index (χ3v) is 5.04. The van der Waals surface area contributed by atoms with E-state index in [9.17, 15) is 9.50 Å². The molecule has 0 aromatic rings. The Morgan fingerprint density at radius 3 is 2.87 bits per heavy atom. The van der Waals surface area contributed by atoms with Gasteiger partial charge in [-0.05, 0) is 50.0 Å². The first kappa shape index (κ1) is 18.4. The molecule has 0 bridgehead atoms. The topological polar surface area (TPSA) is 23.5 Å². The molecule has 1 saturated heterocycles. The molecule has 23 heavy (non-hydrogen) atoms. The zero-order valence-corrected chi connectivity index (χ0v) is 14.7. The van der Waals surface area contributed by atoms with Crippen molar-refractivity contribution in [1.29, 1.82) is 0 Å². The van der Waals surface area contributed by atoms with Crippen LogP contribution in [0.4, 0.5) is 4.39 Å². The molecular weight excluding hydrogens is 289 g/mol. The molecule has 3 unspecified atom stereocenters. The Morgan fingerprint density at radius 1 is 1.35 bits per heavy atom. The summed E-state index contributed by atoms with van der Waals surface area (Å²) >= 11 is 0. The van der Waals surface area contributed by atoms with Crippen molar-refractivity contribution in [3.8, 4) is 0 Å². The molecule has 2 aliphatic rings. The van der Waals surface area contributed by atoms with E-state index in [4.69, 9.17) is 0 Å². The fourth-order valence-electron chi connectivity index (χ4n) is 3.47. The van der Waals surface area contributed by atoms with Gasteiger partial charge in [-0.25, -0.2) is 4.39 Å². The van der Waals surface area contributed by atoms with Crippen LogP contribution < -0.4 is 0 Å². The number of aliphatic hydroxyl groups is 1. The van der Waals surface area contributed by atoms with Gasteiger partial charge in [0.1, 0.15) is 6.17 Å². The van der Waals surface area contributed by atoms with Gasteiger partial charge in [0.25, 0.3) is 0 Å². The second kappa shape index (κ2) is 9.39. The highest BCUT2D eigenvalue weighted by molar-refractivity contribution is 5.30. The molecule has 130 valence electrons. The van der Waals surface area contributed by atoms with Crippen molar-refractivity contribution < 1.29 is 9.50 Å². The molecule has 2 rings (SSSR count). The average molecular weight is 321 g/mol. The van der Waals surface area contributed by atoms with Crippen LogP contribution in [-0.2, 0) is 0 Å². The second-order valence-corrected chi connectivity index (χ2v) is 7.06. The lowest BCUT2D eigenvalue weighted by atomic mass is 9.94. The van der Waals surface area contributed by atoms with Crippen molar-refractivity contribution in [2.45, 2.75) is 64.6 Å². The maximum atomic E-state index is 13.3.